The van der Waals surface area contributed by atoms with Gasteiger partial charge in [-0.25, -0.2) is 12.4 Å². The highest BCUT2D eigenvalue weighted by atomic mass is 32.2. The van der Waals surface area contributed by atoms with E-state index in [9.17, 15) is 8.42 Å². The largest absolute Gasteiger partial charge is 0.368 e. The number of hydrogen-bond donors (Lipinski definition) is 1. The lowest BCUT2D eigenvalue weighted by molar-refractivity contribution is 0.557. The van der Waals surface area contributed by atoms with E-state index in [1.165, 1.54) is 3.97 Å². The van der Waals surface area contributed by atoms with Gasteiger partial charge in [-0.15, -0.1) is 0 Å². The van der Waals surface area contributed by atoms with Crippen molar-refractivity contribution in [3.05, 3.63) is 102 Å². The Labute approximate surface area is 189 Å². The van der Waals surface area contributed by atoms with Gasteiger partial charge in [0.05, 0.1) is 5.52 Å². The van der Waals surface area contributed by atoms with Gasteiger partial charge < -0.3 is 10.2 Å². The number of nitrogens with one attached hydrogen (secondary N) is 1. The average molecular weight is 446 g/mol. The molecule has 1 aliphatic rings. The second-order valence-corrected chi connectivity index (χ2v) is 10.5. The van der Waals surface area contributed by atoms with E-state index in [4.69, 9.17) is 0 Å². The summed E-state index contributed by atoms with van der Waals surface area (Å²) in [5, 5.41) is 4.34. The molecule has 1 saturated heterocycles. The Morgan fingerprint density at radius 3 is 1.97 bits per heavy atom. The van der Waals surface area contributed by atoms with Crippen LogP contribution in [-0.2, 0) is 14.8 Å². The first-order chi connectivity index (χ1) is 15.5. The zero-order valence-corrected chi connectivity index (χ0v) is 18.9. The van der Waals surface area contributed by atoms with Crippen LogP contribution in [0.25, 0.3) is 10.9 Å². The summed E-state index contributed by atoms with van der Waals surface area (Å²) < 4.78 is 28.9. The van der Waals surface area contributed by atoms with Gasteiger partial charge >= 0.3 is 0 Å². The first kappa shape index (κ1) is 20.8. The van der Waals surface area contributed by atoms with Crippen molar-refractivity contribution >= 4 is 26.6 Å². The minimum Gasteiger partial charge on any atom is -0.368 e. The number of nitrogens with zero attached hydrogens (tertiary/aromatic N) is 2. The lowest BCUT2D eigenvalue weighted by atomic mass is 9.92. The molecule has 3 aromatic carbocycles. The molecule has 0 saturated carbocycles. The van der Waals surface area contributed by atoms with E-state index in [0.29, 0.717) is 5.52 Å². The molecular weight excluding hydrogens is 418 g/mol. The summed E-state index contributed by atoms with van der Waals surface area (Å²) >= 11 is 0. The minimum atomic E-state index is -3.85. The predicted octanol–water partition coefficient (Wildman–Crippen LogP) is 4.19. The van der Waals surface area contributed by atoms with Crippen LogP contribution >= 0.6 is 0 Å². The molecule has 1 fully saturated rings. The van der Waals surface area contributed by atoms with E-state index >= 15 is 0 Å². The van der Waals surface area contributed by atoms with Crippen LogP contribution in [0.15, 0.2) is 91.1 Å². The molecule has 2 heterocycles. The lowest BCUT2D eigenvalue weighted by Crippen LogP contribution is -2.43. The number of piperazine rings is 1. The molecule has 6 heteroatoms. The van der Waals surface area contributed by atoms with Gasteiger partial charge in [0.15, 0.2) is 0 Å². The second kappa shape index (κ2) is 8.11. The maximum atomic E-state index is 14.4. The highest BCUT2D eigenvalue weighted by molar-refractivity contribution is 7.91. The Balaban J connectivity index is 1.71. The molecule has 0 aliphatic carbocycles. The molecule has 5 rings (SSSR count). The summed E-state index contributed by atoms with van der Waals surface area (Å²) in [7, 11) is -3.85. The van der Waals surface area contributed by atoms with Gasteiger partial charge in [0.1, 0.15) is 4.75 Å². The van der Waals surface area contributed by atoms with Crippen molar-refractivity contribution in [1.82, 2.24) is 9.29 Å². The van der Waals surface area contributed by atoms with Crippen LogP contribution in [0.5, 0.6) is 0 Å². The molecule has 0 bridgehead atoms. The third kappa shape index (κ3) is 3.22. The Morgan fingerprint density at radius 2 is 1.38 bits per heavy atom. The van der Waals surface area contributed by atoms with E-state index in [0.717, 1.165) is 48.4 Å². The molecule has 164 valence electrons. The van der Waals surface area contributed by atoms with Crippen molar-refractivity contribution in [2.75, 3.05) is 31.1 Å². The highest BCUT2D eigenvalue weighted by Gasteiger charge is 2.44. The van der Waals surface area contributed by atoms with Gasteiger partial charge in [-0.05, 0) is 36.2 Å². The van der Waals surface area contributed by atoms with Gasteiger partial charge in [0, 0.05) is 43.4 Å². The quantitative estimate of drug-likeness (QED) is 0.500. The van der Waals surface area contributed by atoms with Crippen molar-refractivity contribution < 1.29 is 8.42 Å². The Bertz CT molecular complexity index is 1290. The molecule has 1 N–H and O–H groups in total. The van der Waals surface area contributed by atoms with Crippen LogP contribution in [0, 0.1) is 0 Å². The summed E-state index contributed by atoms with van der Waals surface area (Å²) in [6, 6.07) is 26.8. The maximum absolute atomic E-state index is 14.4. The third-order valence-corrected chi connectivity index (χ3v) is 8.90. The van der Waals surface area contributed by atoms with Crippen molar-refractivity contribution in [2.45, 2.75) is 11.7 Å². The molecule has 0 spiro atoms. The lowest BCUT2D eigenvalue weighted by Gasteiger charge is -2.32. The van der Waals surface area contributed by atoms with Crippen molar-refractivity contribution in [2.24, 2.45) is 0 Å². The summed E-state index contributed by atoms with van der Waals surface area (Å²) in [4.78, 5) is 2.32. The van der Waals surface area contributed by atoms with Gasteiger partial charge in [-0.1, -0.05) is 66.7 Å². The zero-order valence-electron chi connectivity index (χ0n) is 18.1. The van der Waals surface area contributed by atoms with Crippen LogP contribution in [0.3, 0.4) is 0 Å². The third-order valence-electron chi connectivity index (χ3n) is 6.56. The summed E-state index contributed by atoms with van der Waals surface area (Å²) in [5.41, 5.74) is 3.27. The zero-order chi connectivity index (χ0) is 22.2. The molecule has 0 unspecified atom stereocenters. The van der Waals surface area contributed by atoms with Gasteiger partial charge in [0.25, 0.3) is 10.0 Å². The molecule has 1 aromatic heterocycles. The van der Waals surface area contributed by atoms with Gasteiger partial charge in [-0.3, -0.25) is 0 Å². The van der Waals surface area contributed by atoms with Crippen molar-refractivity contribution in [3.8, 4) is 0 Å². The molecule has 5 nitrogen and oxygen atoms in total. The SMILES string of the molecule is CC(c1ccccc1)(c1ccccc1)S(=O)(=O)n1ccc2c(N3CCNCC3)cccc21. The number of benzene rings is 3. The fourth-order valence-electron chi connectivity index (χ4n) is 4.69. The predicted molar refractivity (Wildman–Crippen MR) is 131 cm³/mol. The molecule has 0 radical (unpaired) electrons. The van der Waals surface area contributed by atoms with Gasteiger partial charge in [-0.2, -0.15) is 0 Å². The van der Waals surface area contributed by atoms with Crippen LogP contribution < -0.4 is 10.2 Å². The number of aromatic nitrogens is 1. The van der Waals surface area contributed by atoms with Crippen LogP contribution in [0.4, 0.5) is 5.69 Å². The van der Waals surface area contributed by atoms with E-state index in [-0.39, 0.29) is 0 Å². The molecule has 1 aliphatic heterocycles. The van der Waals surface area contributed by atoms with E-state index in [1.807, 2.05) is 78.9 Å². The first-order valence-electron chi connectivity index (χ1n) is 11.0. The number of rotatable bonds is 5. The molecule has 0 atom stereocenters. The van der Waals surface area contributed by atoms with Gasteiger partial charge in [0.2, 0.25) is 0 Å². The number of fused-ring (bicyclic) bond motifs is 1. The molecular formula is C26H27N3O2S. The van der Waals surface area contributed by atoms with Crippen LogP contribution in [0.2, 0.25) is 0 Å². The smallest absolute Gasteiger partial charge is 0.252 e. The molecule has 32 heavy (non-hydrogen) atoms. The highest BCUT2D eigenvalue weighted by Crippen LogP contribution is 2.40. The summed E-state index contributed by atoms with van der Waals surface area (Å²) in [6.45, 7) is 5.47. The topological polar surface area (TPSA) is 54.3 Å². The fourth-order valence-corrected chi connectivity index (χ4v) is 6.59. The van der Waals surface area contributed by atoms with Crippen molar-refractivity contribution in [1.29, 1.82) is 0 Å². The minimum absolute atomic E-state index is 0.708. The Hall–Kier alpha value is -3.09. The Kier molecular flexibility index (Phi) is 5.27. The molecule has 4 aromatic rings. The van der Waals surface area contributed by atoms with E-state index in [1.54, 1.807) is 13.1 Å². The van der Waals surface area contributed by atoms with Crippen LogP contribution in [0.1, 0.15) is 18.1 Å². The summed E-state index contributed by atoms with van der Waals surface area (Å²) in [5.74, 6) is 0. The van der Waals surface area contributed by atoms with Crippen molar-refractivity contribution in [3.63, 3.8) is 0 Å². The molecule has 0 amide bonds. The monoisotopic (exact) mass is 445 g/mol. The first-order valence-corrected chi connectivity index (χ1v) is 12.4. The van der Waals surface area contributed by atoms with E-state index in [2.05, 4.69) is 16.3 Å². The second-order valence-electron chi connectivity index (χ2n) is 8.33. The average Bonchev–Trinajstić information content (AvgIpc) is 3.30. The Morgan fingerprint density at radius 1 is 0.781 bits per heavy atom. The fraction of sp³-hybridized carbons (Fsp3) is 0.231. The van der Waals surface area contributed by atoms with Crippen LogP contribution in [-0.4, -0.2) is 38.6 Å². The number of anilines is 1. The van der Waals surface area contributed by atoms with E-state index < -0.39 is 14.8 Å². The summed E-state index contributed by atoms with van der Waals surface area (Å²) in [6.07, 6.45) is 1.70. The maximum Gasteiger partial charge on any atom is 0.252 e. The standard InChI is InChI=1S/C26H27N3O2S/c1-26(21-9-4-2-5-10-21,22-11-6-3-7-12-22)32(30,31)29-18-15-23-24(13-8-14-25(23)29)28-19-16-27-17-20-28/h2-15,18,27H,16-17,19-20H2,1H3. The normalized spacial score (nSPS) is 15.2. The number of hydrogen-bond acceptors (Lipinski definition) is 4.